The van der Waals surface area contributed by atoms with E-state index in [0.717, 1.165) is 6.20 Å². The Labute approximate surface area is 152 Å². The molecule has 0 amide bonds. The first kappa shape index (κ1) is 17.7. The highest BCUT2D eigenvalue weighted by Gasteiger charge is 2.11. The third kappa shape index (κ3) is 4.09. The van der Waals surface area contributed by atoms with E-state index in [4.69, 9.17) is 21.9 Å². The van der Waals surface area contributed by atoms with Gasteiger partial charge in [-0.25, -0.2) is 18.7 Å². The summed E-state index contributed by atoms with van der Waals surface area (Å²) in [6.45, 7) is 0.0592. The van der Waals surface area contributed by atoms with Gasteiger partial charge in [-0.15, -0.1) is 0 Å². The predicted octanol–water partition coefficient (Wildman–Crippen LogP) is 3.39. The number of halogens is 3. The van der Waals surface area contributed by atoms with Crippen LogP contribution < -0.4 is 5.73 Å². The van der Waals surface area contributed by atoms with Gasteiger partial charge in [-0.3, -0.25) is 4.99 Å². The number of benzene rings is 1. The number of allylic oxidation sites excluding steroid dienone is 1. The van der Waals surface area contributed by atoms with Gasteiger partial charge in [0.15, 0.2) is 16.8 Å². The van der Waals surface area contributed by atoms with Crippen molar-refractivity contribution in [2.24, 2.45) is 10.7 Å². The van der Waals surface area contributed by atoms with Crippen molar-refractivity contribution in [1.82, 2.24) is 15.1 Å². The summed E-state index contributed by atoms with van der Waals surface area (Å²) in [7, 11) is 0. The molecule has 0 radical (unpaired) electrons. The van der Waals surface area contributed by atoms with Gasteiger partial charge in [-0.2, -0.15) is 0 Å². The zero-order valence-corrected chi connectivity index (χ0v) is 14.0. The van der Waals surface area contributed by atoms with Crippen molar-refractivity contribution in [1.29, 1.82) is 0 Å². The molecule has 6 nitrogen and oxygen atoms in total. The Hall–Kier alpha value is -3.13. The Morgan fingerprint density at radius 3 is 2.73 bits per heavy atom. The van der Waals surface area contributed by atoms with Crippen molar-refractivity contribution in [2.45, 2.75) is 6.54 Å². The van der Waals surface area contributed by atoms with Crippen LogP contribution in [-0.4, -0.2) is 20.8 Å². The molecule has 0 aliphatic heterocycles. The van der Waals surface area contributed by atoms with Crippen LogP contribution in [0.5, 0.6) is 0 Å². The molecule has 2 N–H and O–H groups in total. The zero-order chi connectivity index (χ0) is 18.5. The Morgan fingerprint density at radius 2 is 2.04 bits per heavy atom. The number of hydrogen-bond donors (Lipinski definition) is 1. The predicted molar refractivity (Wildman–Crippen MR) is 92.3 cm³/mol. The van der Waals surface area contributed by atoms with Gasteiger partial charge in [-0.05, 0) is 12.1 Å². The fourth-order valence-corrected chi connectivity index (χ4v) is 2.17. The number of nitrogens with zero attached hydrogens (tertiary/aromatic N) is 4. The van der Waals surface area contributed by atoms with Gasteiger partial charge in [0.25, 0.3) is 0 Å². The van der Waals surface area contributed by atoms with Crippen molar-refractivity contribution in [2.75, 3.05) is 0 Å². The lowest BCUT2D eigenvalue weighted by molar-refractivity contribution is 0.418. The summed E-state index contributed by atoms with van der Waals surface area (Å²) < 4.78 is 31.8. The molecular weight excluding hydrogens is 364 g/mol. The van der Waals surface area contributed by atoms with Gasteiger partial charge in [-0.1, -0.05) is 35.0 Å². The molecule has 0 spiro atoms. The standard InChI is InChI=1S/C17H12ClF2N5O/c18-16-12(20)9-23-17(24-16)13(21)7-15(14-5-6-26-25-14)22-8-10-3-1-2-4-11(10)19/h1-7,9H,8,21H2. The maximum absolute atomic E-state index is 13.8. The van der Waals surface area contributed by atoms with Crippen LogP contribution in [0.15, 0.2) is 58.4 Å². The molecule has 2 aromatic heterocycles. The minimum atomic E-state index is -0.756. The molecule has 1 aromatic carbocycles. The molecule has 0 bridgehead atoms. The molecule has 0 fully saturated rings. The summed E-state index contributed by atoms with van der Waals surface area (Å²) in [5.41, 5.74) is 7.16. The summed E-state index contributed by atoms with van der Waals surface area (Å²) in [5.74, 6) is -1.10. The number of nitrogens with two attached hydrogens (primary N) is 1. The molecule has 0 saturated carbocycles. The highest BCUT2D eigenvalue weighted by Crippen LogP contribution is 2.14. The van der Waals surface area contributed by atoms with E-state index in [1.54, 1.807) is 24.3 Å². The van der Waals surface area contributed by atoms with Gasteiger partial charge in [0.05, 0.1) is 24.2 Å². The molecule has 3 rings (SSSR count). The van der Waals surface area contributed by atoms with E-state index in [1.165, 1.54) is 18.4 Å². The summed E-state index contributed by atoms with van der Waals surface area (Å²) in [5, 5.41) is 3.45. The third-order valence-corrected chi connectivity index (χ3v) is 3.59. The zero-order valence-electron chi connectivity index (χ0n) is 13.2. The maximum atomic E-state index is 13.8. The topological polar surface area (TPSA) is 90.2 Å². The summed E-state index contributed by atoms with van der Waals surface area (Å²) in [6, 6.07) is 7.84. The second-order valence-corrected chi connectivity index (χ2v) is 5.47. The van der Waals surface area contributed by atoms with Crippen LogP contribution >= 0.6 is 11.6 Å². The summed E-state index contributed by atoms with van der Waals surface area (Å²) in [4.78, 5) is 11.9. The van der Waals surface area contributed by atoms with Crippen molar-refractivity contribution in [3.63, 3.8) is 0 Å². The molecule has 0 aliphatic carbocycles. The quantitative estimate of drug-likeness (QED) is 0.545. The van der Waals surface area contributed by atoms with Gasteiger partial charge in [0.2, 0.25) is 0 Å². The molecule has 26 heavy (non-hydrogen) atoms. The number of aliphatic imine (C=N–C) groups is 1. The first-order valence-corrected chi connectivity index (χ1v) is 7.76. The average Bonchev–Trinajstić information content (AvgIpc) is 3.16. The van der Waals surface area contributed by atoms with Gasteiger partial charge in [0, 0.05) is 11.6 Å². The smallest absolute Gasteiger partial charge is 0.178 e. The van der Waals surface area contributed by atoms with E-state index >= 15 is 0 Å². The van der Waals surface area contributed by atoms with Crippen LogP contribution in [0.1, 0.15) is 17.1 Å². The first-order chi connectivity index (χ1) is 12.5. The Bertz CT molecular complexity index is 973. The fraction of sp³-hybridized carbons (Fsp3) is 0.0588. The number of aromatic nitrogens is 3. The second kappa shape index (κ2) is 7.83. The number of hydrogen-bond acceptors (Lipinski definition) is 6. The summed E-state index contributed by atoms with van der Waals surface area (Å²) >= 11 is 5.64. The second-order valence-electron chi connectivity index (χ2n) is 5.11. The molecule has 132 valence electrons. The lowest BCUT2D eigenvalue weighted by Crippen LogP contribution is -2.08. The fourth-order valence-electron chi connectivity index (χ4n) is 2.04. The van der Waals surface area contributed by atoms with Crippen molar-refractivity contribution in [3.8, 4) is 0 Å². The van der Waals surface area contributed by atoms with Crippen LogP contribution in [0.3, 0.4) is 0 Å². The van der Waals surface area contributed by atoms with Crippen LogP contribution in [0.4, 0.5) is 8.78 Å². The number of rotatable bonds is 5. The van der Waals surface area contributed by atoms with E-state index in [9.17, 15) is 8.78 Å². The molecule has 3 aromatic rings. The largest absolute Gasteiger partial charge is 0.396 e. The Morgan fingerprint density at radius 1 is 1.23 bits per heavy atom. The lowest BCUT2D eigenvalue weighted by atomic mass is 10.2. The monoisotopic (exact) mass is 375 g/mol. The van der Waals surface area contributed by atoms with Crippen LogP contribution in [-0.2, 0) is 6.54 Å². The third-order valence-electron chi connectivity index (χ3n) is 3.33. The molecule has 0 unspecified atom stereocenters. The highest BCUT2D eigenvalue weighted by atomic mass is 35.5. The minimum absolute atomic E-state index is 0.0264. The summed E-state index contributed by atoms with van der Waals surface area (Å²) in [6.07, 6.45) is 3.71. The first-order valence-electron chi connectivity index (χ1n) is 7.39. The minimum Gasteiger partial charge on any atom is -0.396 e. The van der Waals surface area contributed by atoms with E-state index < -0.39 is 5.82 Å². The van der Waals surface area contributed by atoms with Crippen molar-refractivity contribution < 1.29 is 13.3 Å². The lowest BCUT2D eigenvalue weighted by Gasteiger charge is -2.04. The van der Waals surface area contributed by atoms with Crippen LogP contribution in [0, 0.1) is 11.6 Å². The van der Waals surface area contributed by atoms with Crippen LogP contribution in [0.25, 0.3) is 5.70 Å². The molecule has 0 saturated heterocycles. The Balaban J connectivity index is 1.95. The van der Waals surface area contributed by atoms with E-state index in [2.05, 4.69) is 20.1 Å². The average molecular weight is 376 g/mol. The van der Waals surface area contributed by atoms with E-state index in [1.807, 2.05) is 0 Å². The van der Waals surface area contributed by atoms with E-state index in [0.29, 0.717) is 17.0 Å². The molecule has 9 heteroatoms. The maximum Gasteiger partial charge on any atom is 0.178 e. The molecular formula is C17H12ClF2N5O. The SMILES string of the molecule is NC(=CC(=NCc1ccccc1F)c1ccon1)c1ncc(F)c(Cl)n1. The molecule has 0 aliphatic rings. The van der Waals surface area contributed by atoms with E-state index in [-0.39, 0.29) is 29.0 Å². The van der Waals surface area contributed by atoms with Gasteiger partial charge in [0.1, 0.15) is 17.8 Å². The molecule has 0 atom stereocenters. The molecule has 2 heterocycles. The van der Waals surface area contributed by atoms with Gasteiger partial charge < -0.3 is 10.3 Å². The highest BCUT2D eigenvalue weighted by molar-refractivity contribution is 6.29. The van der Waals surface area contributed by atoms with Crippen molar-refractivity contribution >= 4 is 23.0 Å². The van der Waals surface area contributed by atoms with Crippen LogP contribution in [0.2, 0.25) is 5.15 Å². The normalized spacial score (nSPS) is 12.4. The van der Waals surface area contributed by atoms with Gasteiger partial charge >= 0.3 is 0 Å². The Kier molecular flexibility index (Phi) is 5.33. The van der Waals surface area contributed by atoms with Crippen molar-refractivity contribution in [3.05, 3.63) is 82.7 Å².